The molecule has 0 aliphatic carbocycles. The quantitative estimate of drug-likeness (QED) is 0.582. The zero-order valence-corrected chi connectivity index (χ0v) is 18.9. The number of aromatic nitrogens is 2. The molecule has 0 saturated carbocycles. The summed E-state index contributed by atoms with van der Waals surface area (Å²) in [6.45, 7) is 8.14. The van der Waals surface area contributed by atoms with E-state index in [2.05, 4.69) is 26.3 Å². The molecule has 2 aromatic heterocycles. The van der Waals surface area contributed by atoms with Gasteiger partial charge in [0.15, 0.2) is 0 Å². The first kappa shape index (κ1) is 21.5. The van der Waals surface area contributed by atoms with Crippen molar-refractivity contribution in [1.82, 2.24) is 19.8 Å². The van der Waals surface area contributed by atoms with Gasteiger partial charge in [0, 0.05) is 62.8 Å². The van der Waals surface area contributed by atoms with Crippen molar-refractivity contribution in [3.63, 3.8) is 0 Å². The predicted octanol–water partition coefficient (Wildman–Crippen LogP) is 4.10. The lowest BCUT2D eigenvalue weighted by Gasteiger charge is -2.33. The number of benzene rings is 1. The number of hydrogen-bond acceptors (Lipinski definition) is 6. The molecule has 0 atom stereocenters. The summed E-state index contributed by atoms with van der Waals surface area (Å²) in [7, 11) is 0. The molecule has 0 radical (unpaired) electrons. The third kappa shape index (κ3) is 6.12. The number of nitrogens with zero attached hydrogens (tertiary/aromatic N) is 4. The lowest BCUT2D eigenvalue weighted by Crippen LogP contribution is -2.49. The third-order valence-corrected chi connectivity index (χ3v) is 6.29. The van der Waals surface area contributed by atoms with Crippen molar-refractivity contribution in [1.29, 1.82) is 0 Å². The summed E-state index contributed by atoms with van der Waals surface area (Å²) in [4.78, 5) is 25.7. The molecule has 162 valence electrons. The van der Waals surface area contributed by atoms with Gasteiger partial charge in [-0.25, -0.2) is 9.78 Å². The highest BCUT2D eigenvalue weighted by atomic mass is 32.1. The molecule has 0 spiro atoms. The van der Waals surface area contributed by atoms with E-state index in [1.165, 1.54) is 0 Å². The first-order valence-corrected chi connectivity index (χ1v) is 11.5. The van der Waals surface area contributed by atoms with E-state index in [9.17, 15) is 4.79 Å². The fourth-order valence-corrected chi connectivity index (χ4v) is 4.25. The van der Waals surface area contributed by atoms with Gasteiger partial charge in [-0.3, -0.25) is 9.88 Å². The van der Waals surface area contributed by atoms with Crippen molar-refractivity contribution in [3.05, 3.63) is 75.5 Å². The lowest BCUT2D eigenvalue weighted by atomic mass is 10.1. The highest BCUT2D eigenvalue weighted by Gasteiger charge is 2.22. The van der Waals surface area contributed by atoms with Gasteiger partial charge in [-0.1, -0.05) is 18.2 Å². The summed E-state index contributed by atoms with van der Waals surface area (Å²) in [5.74, 6) is 0.576. The molecule has 1 saturated heterocycles. The first-order chi connectivity index (χ1) is 15.0. The minimum absolute atomic E-state index is 0.275. The minimum Gasteiger partial charge on any atom is -0.410 e. The second-order valence-electron chi connectivity index (χ2n) is 7.95. The highest BCUT2D eigenvalue weighted by molar-refractivity contribution is 7.09. The van der Waals surface area contributed by atoms with E-state index >= 15 is 0 Å². The molecule has 0 N–H and O–H groups in total. The van der Waals surface area contributed by atoms with Crippen molar-refractivity contribution in [2.75, 3.05) is 32.7 Å². The molecule has 31 heavy (non-hydrogen) atoms. The van der Waals surface area contributed by atoms with Crippen LogP contribution < -0.4 is 4.74 Å². The molecule has 1 fully saturated rings. The maximum Gasteiger partial charge on any atom is 0.415 e. The fourth-order valence-electron chi connectivity index (χ4n) is 3.60. The van der Waals surface area contributed by atoms with E-state index in [4.69, 9.17) is 4.74 Å². The number of thiazole rings is 1. The van der Waals surface area contributed by atoms with E-state index in [-0.39, 0.29) is 6.09 Å². The van der Waals surface area contributed by atoms with Crippen LogP contribution in [-0.4, -0.2) is 58.6 Å². The highest BCUT2D eigenvalue weighted by Crippen LogP contribution is 2.17. The van der Waals surface area contributed by atoms with Gasteiger partial charge in [0.25, 0.3) is 0 Å². The molecule has 1 amide bonds. The number of rotatable bonds is 6. The minimum atomic E-state index is -0.275. The van der Waals surface area contributed by atoms with E-state index < -0.39 is 0 Å². The zero-order valence-electron chi connectivity index (χ0n) is 18.1. The summed E-state index contributed by atoms with van der Waals surface area (Å²) < 4.78 is 5.59. The van der Waals surface area contributed by atoms with E-state index in [0.717, 1.165) is 60.0 Å². The Balaban J connectivity index is 1.22. The Bertz CT molecular complexity index is 993. The van der Waals surface area contributed by atoms with Crippen LogP contribution in [0.4, 0.5) is 4.79 Å². The maximum absolute atomic E-state index is 12.5. The van der Waals surface area contributed by atoms with Crippen LogP contribution in [0.2, 0.25) is 0 Å². The molecule has 4 rings (SSSR count). The largest absolute Gasteiger partial charge is 0.415 e. The van der Waals surface area contributed by atoms with Crippen LogP contribution >= 0.6 is 11.3 Å². The number of amides is 1. The van der Waals surface area contributed by atoms with Gasteiger partial charge in [0.05, 0.1) is 10.7 Å². The number of ether oxygens (including phenoxy) is 1. The average molecular weight is 437 g/mol. The smallest absolute Gasteiger partial charge is 0.410 e. The van der Waals surface area contributed by atoms with Crippen LogP contribution in [0.1, 0.15) is 27.5 Å². The van der Waals surface area contributed by atoms with Gasteiger partial charge in [-0.15, -0.1) is 11.3 Å². The Hall–Kier alpha value is -2.77. The molecule has 1 aromatic carbocycles. The molecule has 3 aromatic rings. The van der Waals surface area contributed by atoms with Crippen LogP contribution in [0.15, 0.2) is 48.0 Å². The molecule has 0 bridgehead atoms. The van der Waals surface area contributed by atoms with Gasteiger partial charge in [-0.05, 0) is 43.2 Å². The van der Waals surface area contributed by atoms with Crippen molar-refractivity contribution in [2.24, 2.45) is 0 Å². The topological polar surface area (TPSA) is 58.6 Å². The van der Waals surface area contributed by atoms with Gasteiger partial charge >= 0.3 is 6.09 Å². The van der Waals surface area contributed by atoms with Crippen LogP contribution in [0, 0.1) is 13.8 Å². The third-order valence-electron chi connectivity index (χ3n) is 5.47. The van der Waals surface area contributed by atoms with E-state index in [1.807, 2.05) is 50.4 Å². The zero-order chi connectivity index (χ0) is 21.6. The fraction of sp³-hybridized carbons (Fsp3) is 0.375. The predicted molar refractivity (Wildman–Crippen MR) is 123 cm³/mol. The average Bonchev–Trinajstić information content (AvgIpc) is 3.21. The molecule has 7 heteroatoms. The van der Waals surface area contributed by atoms with E-state index in [0.29, 0.717) is 18.8 Å². The van der Waals surface area contributed by atoms with Crippen LogP contribution in [0.25, 0.3) is 0 Å². The summed E-state index contributed by atoms with van der Waals surface area (Å²) >= 11 is 1.70. The number of carbonyl (C=O) groups is 1. The van der Waals surface area contributed by atoms with Crippen molar-refractivity contribution < 1.29 is 9.53 Å². The Kier molecular flexibility index (Phi) is 6.94. The summed E-state index contributed by atoms with van der Waals surface area (Å²) in [6.07, 6.45) is 3.32. The molecule has 1 aliphatic rings. The van der Waals surface area contributed by atoms with Crippen LogP contribution in [0.3, 0.4) is 0 Å². The number of aryl methyl sites for hydroxylation is 2. The maximum atomic E-state index is 12.5. The second-order valence-corrected chi connectivity index (χ2v) is 9.01. The standard InChI is InChI=1S/C24H28N4O2S/c1-18-3-6-21(25-16-18)15-20-4-7-23(8-5-20)30-24(29)28-13-11-27(12-14-28)10-9-22-17-31-19(2)26-22/h3-8,16-17H,9-15H2,1-2H3. The number of hydrogen-bond donors (Lipinski definition) is 0. The van der Waals surface area contributed by atoms with Gasteiger partial charge < -0.3 is 9.64 Å². The van der Waals surface area contributed by atoms with Crippen molar-refractivity contribution in [3.8, 4) is 5.75 Å². The molecule has 0 unspecified atom stereocenters. The Morgan fingerprint density at radius 2 is 1.81 bits per heavy atom. The molecule has 3 heterocycles. The van der Waals surface area contributed by atoms with Crippen molar-refractivity contribution >= 4 is 17.4 Å². The Morgan fingerprint density at radius 3 is 2.45 bits per heavy atom. The Labute approximate surface area is 187 Å². The van der Waals surface area contributed by atoms with Crippen LogP contribution in [-0.2, 0) is 12.8 Å². The SMILES string of the molecule is Cc1ccc(Cc2ccc(OC(=O)N3CCN(CCc4csc(C)n4)CC3)cc2)nc1. The van der Waals surface area contributed by atoms with Crippen molar-refractivity contribution in [2.45, 2.75) is 26.7 Å². The molecule has 1 aliphatic heterocycles. The van der Waals surface area contributed by atoms with Gasteiger partial charge in [0.2, 0.25) is 0 Å². The second kappa shape index (κ2) is 10.0. The lowest BCUT2D eigenvalue weighted by molar-refractivity contribution is 0.111. The summed E-state index contributed by atoms with van der Waals surface area (Å²) in [5.41, 5.74) is 4.48. The van der Waals surface area contributed by atoms with Crippen LogP contribution in [0.5, 0.6) is 5.75 Å². The molecular formula is C24H28N4O2S. The summed E-state index contributed by atoms with van der Waals surface area (Å²) in [6, 6.07) is 11.8. The number of piperazine rings is 1. The molecular weight excluding hydrogens is 408 g/mol. The van der Waals surface area contributed by atoms with E-state index in [1.54, 1.807) is 16.2 Å². The summed E-state index contributed by atoms with van der Waals surface area (Å²) in [5, 5.41) is 3.24. The number of pyridine rings is 1. The first-order valence-electron chi connectivity index (χ1n) is 10.7. The Morgan fingerprint density at radius 1 is 1.03 bits per heavy atom. The normalized spacial score (nSPS) is 14.6. The number of carbonyl (C=O) groups excluding carboxylic acids is 1. The monoisotopic (exact) mass is 436 g/mol. The van der Waals surface area contributed by atoms with Gasteiger partial charge in [0.1, 0.15) is 5.75 Å². The molecule has 6 nitrogen and oxygen atoms in total. The van der Waals surface area contributed by atoms with Gasteiger partial charge in [-0.2, -0.15) is 0 Å².